The zero-order valence-electron chi connectivity index (χ0n) is 18.5. The van der Waals surface area contributed by atoms with Crippen LogP contribution >= 0.6 is 11.8 Å². The number of hydrogen-bond donors (Lipinski definition) is 3. The third-order valence-electron chi connectivity index (χ3n) is 6.11. The molecule has 0 saturated heterocycles. The van der Waals surface area contributed by atoms with Crippen LogP contribution in [-0.2, 0) is 17.9 Å². The monoisotopic (exact) mass is 465 g/mol. The number of methoxy groups -OCH3 is 1. The lowest BCUT2D eigenvalue weighted by Gasteiger charge is -2.30. The molecule has 172 valence electrons. The highest BCUT2D eigenvalue weighted by molar-refractivity contribution is 8.00. The molecule has 1 aliphatic heterocycles. The van der Waals surface area contributed by atoms with Crippen LogP contribution in [0.5, 0.6) is 5.88 Å². The number of ether oxygens (including phenoxy) is 1. The molecule has 1 fully saturated rings. The fourth-order valence-corrected chi connectivity index (χ4v) is 5.01. The van der Waals surface area contributed by atoms with Crippen LogP contribution in [0.2, 0.25) is 0 Å². The quantitative estimate of drug-likeness (QED) is 0.484. The van der Waals surface area contributed by atoms with Gasteiger partial charge >= 0.3 is 0 Å². The molecular weight excluding hydrogens is 438 g/mol. The summed E-state index contributed by atoms with van der Waals surface area (Å²) in [5.41, 5.74) is 3.76. The molecule has 33 heavy (non-hydrogen) atoms. The van der Waals surface area contributed by atoms with Gasteiger partial charge in [0.15, 0.2) is 5.82 Å². The van der Waals surface area contributed by atoms with Crippen molar-refractivity contribution < 1.29 is 9.53 Å². The first-order valence-electron chi connectivity index (χ1n) is 11.2. The van der Waals surface area contributed by atoms with Gasteiger partial charge in [0.1, 0.15) is 5.03 Å². The second kappa shape index (κ2) is 9.98. The van der Waals surface area contributed by atoms with Crippen molar-refractivity contribution in [3.8, 4) is 5.88 Å². The number of benzene rings is 1. The SMILES string of the molecule is COc1cnc2cccc(CN[C@H]3CC[C@H](NCc4cnc5c(n4)NC(=O)CS5)CC3)c2n1. The normalized spacial score (nSPS) is 20.3. The molecule has 1 aromatic carbocycles. The van der Waals surface area contributed by atoms with Gasteiger partial charge in [0.2, 0.25) is 11.8 Å². The largest absolute Gasteiger partial charge is 0.480 e. The van der Waals surface area contributed by atoms with Crippen LogP contribution in [0, 0.1) is 0 Å². The maximum absolute atomic E-state index is 11.6. The first kappa shape index (κ1) is 22.0. The molecule has 2 aliphatic rings. The minimum absolute atomic E-state index is 0.0209. The van der Waals surface area contributed by atoms with E-state index in [4.69, 9.17) is 4.74 Å². The van der Waals surface area contributed by atoms with Gasteiger partial charge in [0.25, 0.3) is 0 Å². The van der Waals surface area contributed by atoms with Crippen molar-refractivity contribution in [3.05, 3.63) is 41.9 Å². The zero-order chi connectivity index (χ0) is 22.6. The van der Waals surface area contributed by atoms with Crippen molar-refractivity contribution in [3.63, 3.8) is 0 Å². The number of anilines is 1. The number of nitrogens with zero attached hydrogens (tertiary/aromatic N) is 4. The van der Waals surface area contributed by atoms with Gasteiger partial charge < -0.3 is 20.7 Å². The van der Waals surface area contributed by atoms with E-state index in [0.717, 1.165) is 59.5 Å². The molecule has 3 N–H and O–H groups in total. The smallest absolute Gasteiger partial charge is 0.236 e. The molecule has 9 nitrogen and oxygen atoms in total. The van der Waals surface area contributed by atoms with E-state index in [1.807, 2.05) is 12.1 Å². The molecule has 1 saturated carbocycles. The minimum atomic E-state index is -0.0209. The van der Waals surface area contributed by atoms with Crippen LogP contribution in [0.15, 0.2) is 35.6 Å². The van der Waals surface area contributed by atoms with Gasteiger partial charge in [-0.25, -0.2) is 19.9 Å². The van der Waals surface area contributed by atoms with Gasteiger partial charge in [-0.05, 0) is 37.3 Å². The Morgan fingerprint density at radius 1 is 1.06 bits per heavy atom. The summed E-state index contributed by atoms with van der Waals surface area (Å²) in [5, 5.41) is 10.9. The molecule has 10 heteroatoms. The molecule has 5 rings (SSSR count). The summed E-state index contributed by atoms with van der Waals surface area (Å²) < 4.78 is 5.24. The third kappa shape index (κ3) is 5.23. The molecule has 0 spiro atoms. The van der Waals surface area contributed by atoms with E-state index in [2.05, 4.69) is 42.0 Å². The van der Waals surface area contributed by atoms with Gasteiger partial charge in [-0.3, -0.25) is 4.79 Å². The van der Waals surface area contributed by atoms with Crippen LogP contribution in [0.1, 0.15) is 36.9 Å². The fourth-order valence-electron chi connectivity index (χ4n) is 4.31. The lowest BCUT2D eigenvalue weighted by atomic mass is 9.91. The van der Waals surface area contributed by atoms with Crippen LogP contribution in [0.25, 0.3) is 11.0 Å². The average molecular weight is 466 g/mol. The topological polar surface area (TPSA) is 114 Å². The summed E-state index contributed by atoms with van der Waals surface area (Å²) in [6.45, 7) is 1.41. The molecule has 2 aromatic heterocycles. The maximum atomic E-state index is 11.6. The van der Waals surface area contributed by atoms with E-state index in [9.17, 15) is 4.79 Å². The third-order valence-corrected chi connectivity index (χ3v) is 7.09. The number of carbonyl (C=O) groups is 1. The van der Waals surface area contributed by atoms with Crippen molar-refractivity contribution in [1.29, 1.82) is 0 Å². The van der Waals surface area contributed by atoms with Crippen LogP contribution in [0.3, 0.4) is 0 Å². The fraction of sp³-hybridized carbons (Fsp3) is 0.435. The number of nitrogens with one attached hydrogen (secondary N) is 3. The summed E-state index contributed by atoms with van der Waals surface area (Å²) >= 11 is 1.43. The number of thioether (sulfide) groups is 1. The molecule has 0 radical (unpaired) electrons. The van der Waals surface area contributed by atoms with E-state index in [-0.39, 0.29) is 5.91 Å². The van der Waals surface area contributed by atoms with Crippen molar-refractivity contribution in [2.75, 3.05) is 18.2 Å². The highest BCUT2D eigenvalue weighted by atomic mass is 32.2. The number of carbonyl (C=O) groups excluding carboxylic acids is 1. The first-order chi connectivity index (χ1) is 16.2. The molecule has 0 atom stereocenters. The Balaban J connectivity index is 1.11. The number of rotatable bonds is 7. The molecule has 1 aliphatic carbocycles. The average Bonchev–Trinajstić information content (AvgIpc) is 2.86. The minimum Gasteiger partial charge on any atom is -0.480 e. The van der Waals surface area contributed by atoms with E-state index in [1.54, 1.807) is 19.5 Å². The second-order valence-corrected chi connectivity index (χ2v) is 9.32. The van der Waals surface area contributed by atoms with E-state index in [0.29, 0.717) is 36.1 Å². The molecule has 1 amide bonds. The summed E-state index contributed by atoms with van der Waals surface area (Å²) in [5.74, 6) is 1.50. The molecular formula is C23H27N7O2S. The van der Waals surface area contributed by atoms with Gasteiger partial charge in [-0.2, -0.15) is 0 Å². The lowest BCUT2D eigenvalue weighted by molar-refractivity contribution is -0.113. The Hall–Kier alpha value is -2.82. The lowest BCUT2D eigenvalue weighted by Crippen LogP contribution is -2.39. The van der Waals surface area contributed by atoms with Crippen LogP contribution in [-0.4, -0.2) is 50.8 Å². The predicted molar refractivity (Wildman–Crippen MR) is 127 cm³/mol. The van der Waals surface area contributed by atoms with E-state index < -0.39 is 0 Å². The first-order valence-corrected chi connectivity index (χ1v) is 12.2. The Morgan fingerprint density at radius 2 is 1.85 bits per heavy atom. The predicted octanol–water partition coefficient (Wildman–Crippen LogP) is 2.66. The van der Waals surface area contributed by atoms with Crippen molar-refractivity contribution in [2.45, 2.75) is 55.9 Å². The highest BCUT2D eigenvalue weighted by Gasteiger charge is 2.22. The van der Waals surface area contributed by atoms with Crippen LogP contribution in [0.4, 0.5) is 5.82 Å². The Morgan fingerprint density at radius 3 is 2.64 bits per heavy atom. The maximum Gasteiger partial charge on any atom is 0.236 e. The summed E-state index contributed by atoms with van der Waals surface area (Å²) in [6, 6.07) is 7.03. The molecule has 0 unspecified atom stereocenters. The standard InChI is InChI=1S/C23H27N7O2S/c1-32-20-12-26-18-4-2-3-14(21(18)30-20)9-24-15-5-7-16(8-6-15)25-10-17-11-27-23-22(28-17)29-19(31)13-33-23/h2-4,11-12,15-16,24-25H,5-10,13H2,1H3,(H,28,29,31)/t15-,16-. The Bertz CT molecular complexity index is 1150. The summed E-state index contributed by atoms with van der Waals surface area (Å²) in [7, 11) is 1.61. The van der Waals surface area contributed by atoms with Crippen molar-refractivity contribution in [1.82, 2.24) is 30.6 Å². The molecule has 0 bridgehead atoms. The van der Waals surface area contributed by atoms with E-state index in [1.165, 1.54) is 11.8 Å². The van der Waals surface area contributed by atoms with Crippen molar-refractivity contribution in [2.24, 2.45) is 0 Å². The number of hydrogen-bond acceptors (Lipinski definition) is 9. The van der Waals surface area contributed by atoms with Gasteiger partial charge in [-0.15, -0.1) is 0 Å². The van der Waals surface area contributed by atoms with E-state index >= 15 is 0 Å². The molecule has 3 aromatic rings. The van der Waals surface area contributed by atoms with Gasteiger partial charge in [-0.1, -0.05) is 23.9 Å². The zero-order valence-corrected chi connectivity index (χ0v) is 19.3. The van der Waals surface area contributed by atoms with Gasteiger partial charge in [0.05, 0.1) is 42.0 Å². The number of aromatic nitrogens is 4. The highest BCUT2D eigenvalue weighted by Crippen LogP contribution is 2.27. The van der Waals surface area contributed by atoms with Crippen molar-refractivity contribution >= 4 is 34.5 Å². The molecule has 3 heterocycles. The Labute approximate surface area is 196 Å². The number of para-hydroxylation sites is 1. The van der Waals surface area contributed by atoms with Crippen LogP contribution < -0.4 is 20.7 Å². The van der Waals surface area contributed by atoms with Gasteiger partial charge in [0, 0.05) is 25.2 Å². The Kier molecular flexibility index (Phi) is 6.65. The number of amides is 1. The number of fused-ring (bicyclic) bond motifs is 2. The summed E-state index contributed by atoms with van der Waals surface area (Å²) in [6.07, 6.45) is 7.88. The second-order valence-electron chi connectivity index (χ2n) is 8.36. The summed E-state index contributed by atoms with van der Waals surface area (Å²) in [4.78, 5) is 29.6.